The SMILES string of the molecule is CC[C@]1(C)C[C@](CC[NH3+])(c2ccc(F)cc2)CCO1. The van der Waals surface area contributed by atoms with Crippen LogP contribution in [-0.2, 0) is 10.2 Å². The average molecular weight is 266 g/mol. The highest BCUT2D eigenvalue weighted by Crippen LogP contribution is 2.44. The second-order valence-electron chi connectivity index (χ2n) is 5.97. The minimum Gasteiger partial charge on any atom is -0.375 e. The highest BCUT2D eigenvalue weighted by Gasteiger charge is 2.43. The molecular formula is C16H25FNO+. The van der Waals surface area contributed by atoms with Gasteiger partial charge in [0, 0.05) is 18.4 Å². The van der Waals surface area contributed by atoms with E-state index >= 15 is 0 Å². The van der Waals surface area contributed by atoms with Gasteiger partial charge in [0.15, 0.2) is 0 Å². The Balaban J connectivity index is 2.34. The van der Waals surface area contributed by atoms with Crippen LogP contribution in [0.25, 0.3) is 0 Å². The minimum atomic E-state index is -0.168. The molecule has 0 aliphatic carbocycles. The summed E-state index contributed by atoms with van der Waals surface area (Å²) in [4.78, 5) is 0. The lowest BCUT2D eigenvalue weighted by molar-refractivity contribution is -0.372. The van der Waals surface area contributed by atoms with Crippen molar-refractivity contribution < 1.29 is 14.9 Å². The summed E-state index contributed by atoms with van der Waals surface area (Å²) in [6, 6.07) is 7.01. The predicted molar refractivity (Wildman–Crippen MR) is 74.3 cm³/mol. The first-order valence-corrected chi connectivity index (χ1v) is 7.23. The van der Waals surface area contributed by atoms with Gasteiger partial charge in [-0.3, -0.25) is 0 Å². The van der Waals surface area contributed by atoms with Crippen LogP contribution in [0.3, 0.4) is 0 Å². The summed E-state index contributed by atoms with van der Waals surface area (Å²) in [5.74, 6) is -0.168. The van der Waals surface area contributed by atoms with Gasteiger partial charge in [0.05, 0.1) is 12.1 Å². The number of rotatable bonds is 4. The van der Waals surface area contributed by atoms with Crippen molar-refractivity contribution in [2.24, 2.45) is 0 Å². The molecule has 2 atom stereocenters. The molecule has 1 aromatic rings. The molecule has 0 spiro atoms. The first-order chi connectivity index (χ1) is 9.03. The Kier molecular flexibility index (Phi) is 4.26. The smallest absolute Gasteiger partial charge is 0.123 e. The van der Waals surface area contributed by atoms with Gasteiger partial charge in [0.1, 0.15) is 5.82 Å². The van der Waals surface area contributed by atoms with Crippen molar-refractivity contribution in [3.05, 3.63) is 35.6 Å². The summed E-state index contributed by atoms with van der Waals surface area (Å²) < 4.78 is 19.1. The van der Waals surface area contributed by atoms with E-state index in [0.717, 1.165) is 38.8 Å². The number of ether oxygens (including phenoxy) is 1. The van der Waals surface area contributed by atoms with Gasteiger partial charge in [0.2, 0.25) is 0 Å². The summed E-state index contributed by atoms with van der Waals surface area (Å²) >= 11 is 0. The van der Waals surface area contributed by atoms with Gasteiger partial charge in [-0.2, -0.15) is 0 Å². The van der Waals surface area contributed by atoms with E-state index in [0.29, 0.717) is 0 Å². The molecular weight excluding hydrogens is 241 g/mol. The van der Waals surface area contributed by atoms with Crippen molar-refractivity contribution in [3.63, 3.8) is 0 Å². The van der Waals surface area contributed by atoms with E-state index in [9.17, 15) is 4.39 Å². The molecule has 0 amide bonds. The maximum atomic E-state index is 13.1. The number of quaternary nitrogens is 1. The van der Waals surface area contributed by atoms with Crippen molar-refractivity contribution >= 4 is 0 Å². The Morgan fingerprint density at radius 2 is 2.00 bits per heavy atom. The van der Waals surface area contributed by atoms with Crippen LogP contribution < -0.4 is 5.73 Å². The van der Waals surface area contributed by atoms with Crippen LogP contribution in [0.4, 0.5) is 4.39 Å². The fraction of sp³-hybridized carbons (Fsp3) is 0.625. The van der Waals surface area contributed by atoms with Gasteiger partial charge in [-0.25, -0.2) is 4.39 Å². The maximum absolute atomic E-state index is 13.1. The molecule has 3 heteroatoms. The fourth-order valence-electron chi connectivity index (χ4n) is 3.32. The summed E-state index contributed by atoms with van der Waals surface area (Å²) in [6.45, 7) is 6.04. The topological polar surface area (TPSA) is 36.9 Å². The van der Waals surface area contributed by atoms with Crippen molar-refractivity contribution in [2.45, 2.75) is 50.5 Å². The normalized spacial score (nSPS) is 31.4. The summed E-state index contributed by atoms with van der Waals surface area (Å²) in [7, 11) is 0. The lowest BCUT2D eigenvalue weighted by Gasteiger charge is -2.46. The van der Waals surface area contributed by atoms with Crippen molar-refractivity contribution in [3.8, 4) is 0 Å². The van der Waals surface area contributed by atoms with Crippen LogP contribution in [0.5, 0.6) is 0 Å². The Hall–Kier alpha value is -0.930. The Morgan fingerprint density at radius 1 is 1.32 bits per heavy atom. The molecule has 1 saturated heterocycles. The number of halogens is 1. The Labute approximate surface area is 115 Å². The molecule has 0 radical (unpaired) electrons. The molecule has 2 nitrogen and oxygen atoms in total. The van der Waals surface area contributed by atoms with Gasteiger partial charge in [-0.15, -0.1) is 0 Å². The number of benzene rings is 1. The van der Waals surface area contributed by atoms with Crippen LogP contribution in [-0.4, -0.2) is 18.8 Å². The first kappa shape index (κ1) is 14.5. The lowest BCUT2D eigenvalue weighted by Crippen LogP contribution is -2.55. The van der Waals surface area contributed by atoms with Gasteiger partial charge in [-0.1, -0.05) is 19.1 Å². The molecule has 0 unspecified atom stereocenters. The monoisotopic (exact) mass is 266 g/mol. The van der Waals surface area contributed by atoms with Crippen molar-refractivity contribution in [2.75, 3.05) is 13.2 Å². The minimum absolute atomic E-state index is 0.0677. The van der Waals surface area contributed by atoms with E-state index in [1.54, 1.807) is 12.1 Å². The molecule has 1 fully saturated rings. The summed E-state index contributed by atoms with van der Waals surface area (Å²) in [6.07, 6.45) is 4.05. The number of hydrogen-bond donors (Lipinski definition) is 1. The predicted octanol–water partition coefficient (Wildman–Crippen LogP) is 2.67. The van der Waals surface area contributed by atoms with Crippen molar-refractivity contribution in [1.29, 1.82) is 0 Å². The van der Waals surface area contributed by atoms with Crippen LogP contribution in [0.1, 0.15) is 45.1 Å². The molecule has 1 aliphatic rings. The van der Waals surface area contributed by atoms with Gasteiger partial charge >= 0.3 is 0 Å². The number of hydrogen-bond acceptors (Lipinski definition) is 1. The summed E-state index contributed by atoms with van der Waals surface area (Å²) in [5.41, 5.74) is 5.29. The molecule has 2 rings (SSSR count). The summed E-state index contributed by atoms with van der Waals surface area (Å²) in [5, 5.41) is 0. The third kappa shape index (κ3) is 2.98. The fourth-order valence-corrected chi connectivity index (χ4v) is 3.32. The van der Waals surface area contributed by atoms with Gasteiger partial charge < -0.3 is 10.5 Å². The maximum Gasteiger partial charge on any atom is 0.123 e. The quantitative estimate of drug-likeness (QED) is 0.893. The van der Waals surface area contributed by atoms with E-state index in [1.807, 2.05) is 12.1 Å². The zero-order valence-electron chi connectivity index (χ0n) is 12.0. The van der Waals surface area contributed by atoms with Gasteiger partial charge in [0.25, 0.3) is 0 Å². The molecule has 1 aromatic carbocycles. The van der Waals surface area contributed by atoms with Crippen molar-refractivity contribution in [1.82, 2.24) is 0 Å². The van der Waals surface area contributed by atoms with Crippen LogP contribution in [0.15, 0.2) is 24.3 Å². The lowest BCUT2D eigenvalue weighted by atomic mass is 9.66. The molecule has 19 heavy (non-hydrogen) atoms. The zero-order valence-corrected chi connectivity index (χ0v) is 12.0. The van der Waals surface area contributed by atoms with Crippen LogP contribution in [0.2, 0.25) is 0 Å². The second-order valence-corrected chi connectivity index (χ2v) is 5.97. The zero-order chi connectivity index (χ0) is 13.9. The standard InChI is InChI=1S/C16H24FNO/c1-3-15(2)12-16(8-10-18,9-11-19-15)13-4-6-14(17)7-5-13/h4-7H,3,8-12,18H2,1-2H3/p+1/t15-,16-/m1/s1. The van der Waals surface area contributed by atoms with E-state index in [-0.39, 0.29) is 16.8 Å². The first-order valence-electron chi connectivity index (χ1n) is 7.23. The third-order valence-electron chi connectivity index (χ3n) is 4.60. The molecule has 0 aromatic heterocycles. The van der Waals surface area contributed by atoms with Gasteiger partial charge in [-0.05, 0) is 43.9 Å². The molecule has 0 bridgehead atoms. The van der Waals surface area contributed by atoms with E-state index in [2.05, 4.69) is 19.6 Å². The second kappa shape index (κ2) is 5.59. The molecule has 3 N–H and O–H groups in total. The highest BCUT2D eigenvalue weighted by atomic mass is 19.1. The average Bonchev–Trinajstić information content (AvgIpc) is 2.40. The highest BCUT2D eigenvalue weighted by molar-refractivity contribution is 5.27. The molecule has 106 valence electrons. The van der Waals surface area contributed by atoms with E-state index in [1.165, 1.54) is 5.56 Å². The molecule has 1 heterocycles. The Bertz CT molecular complexity index is 415. The largest absolute Gasteiger partial charge is 0.375 e. The van der Waals surface area contributed by atoms with Crippen LogP contribution >= 0.6 is 0 Å². The van der Waals surface area contributed by atoms with Crippen LogP contribution in [0, 0.1) is 5.82 Å². The Morgan fingerprint density at radius 3 is 2.58 bits per heavy atom. The van der Waals surface area contributed by atoms with E-state index in [4.69, 9.17) is 4.74 Å². The molecule has 0 saturated carbocycles. The van der Waals surface area contributed by atoms with E-state index < -0.39 is 0 Å². The molecule has 1 aliphatic heterocycles. The third-order valence-corrected chi connectivity index (χ3v) is 4.60.